The van der Waals surface area contributed by atoms with Crippen LogP contribution in [0.15, 0.2) is 42.5 Å². The summed E-state index contributed by atoms with van der Waals surface area (Å²) in [5, 5.41) is 0. The van der Waals surface area contributed by atoms with Gasteiger partial charge in [-0.25, -0.2) is 0 Å². The highest BCUT2D eigenvalue weighted by atomic mass is 16.5. The van der Waals surface area contributed by atoms with Crippen molar-refractivity contribution in [3.8, 4) is 5.75 Å². The zero-order chi connectivity index (χ0) is 14.5. The lowest BCUT2D eigenvalue weighted by molar-refractivity contribution is -0.117. The summed E-state index contributed by atoms with van der Waals surface area (Å²) in [6.45, 7) is 4.10. The highest BCUT2D eigenvalue weighted by Gasteiger charge is 2.08. The van der Waals surface area contributed by atoms with Gasteiger partial charge in [-0.2, -0.15) is 0 Å². The first-order chi connectivity index (χ1) is 9.58. The van der Waals surface area contributed by atoms with E-state index in [2.05, 4.69) is 25.1 Å². The SMILES string of the molecule is COc1cccc(CC(=O)Cc2cc(C)ccc2C)c1. The average molecular weight is 268 g/mol. The predicted octanol–water partition coefficient (Wildman–Crippen LogP) is 3.67. The maximum absolute atomic E-state index is 12.2. The number of rotatable bonds is 5. The van der Waals surface area contributed by atoms with Crippen molar-refractivity contribution in [3.63, 3.8) is 0 Å². The summed E-state index contributed by atoms with van der Waals surface area (Å²) < 4.78 is 5.18. The number of hydrogen-bond acceptors (Lipinski definition) is 2. The van der Waals surface area contributed by atoms with Crippen LogP contribution in [0.4, 0.5) is 0 Å². The maximum atomic E-state index is 12.2. The van der Waals surface area contributed by atoms with Crippen molar-refractivity contribution in [1.82, 2.24) is 0 Å². The molecule has 0 fully saturated rings. The van der Waals surface area contributed by atoms with Crippen LogP contribution in [-0.4, -0.2) is 12.9 Å². The van der Waals surface area contributed by atoms with Crippen LogP contribution in [0.25, 0.3) is 0 Å². The van der Waals surface area contributed by atoms with E-state index in [0.29, 0.717) is 12.8 Å². The molecule has 0 atom stereocenters. The fourth-order valence-corrected chi connectivity index (χ4v) is 2.28. The van der Waals surface area contributed by atoms with Crippen LogP contribution in [0, 0.1) is 13.8 Å². The Balaban J connectivity index is 2.07. The summed E-state index contributed by atoms with van der Waals surface area (Å²) in [7, 11) is 1.64. The van der Waals surface area contributed by atoms with Gasteiger partial charge < -0.3 is 4.74 Å². The highest BCUT2D eigenvalue weighted by Crippen LogP contribution is 2.16. The molecule has 0 aromatic heterocycles. The normalized spacial score (nSPS) is 10.3. The van der Waals surface area contributed by atoms with Crippen LogP contribution >= 0.6 is 0 Å². The van der Waals surface area contributed by atoms with Crippen LogP contribution in [0.1, 0.15) is 22.3 Å². The molecule has 20 heavy (non-hydrogen) atoms. The number of carbonyl (C=O) groups is 1. The minimum Gasteiger partial charge on any atom is -0.497 e. The van der Waals surface area contributed by atoms with Gasteiger partial charge in [0.1, 0.15) is 11.5 Å². The first kappa shape index (κ1) is 14.3. The lowest BCUT2D eigenvalue weighted by atomic mass is 9.98. The Morgan fingerprint density at radius 1 is 1.05 bits per heavy atom. The third kappa shape index (κ3) is 3.70. The summed E-state index contributed by atoms with van der Waals surface area (Å²) in [6.07, 6.45) is 0.940. The molecule has 2 rings (SSSR count). The van der Waals surface area contributed by atoms with Crippen LogP contribution in [0.5, 0.6) is 5.75 Å². The second-order valence-corrected chi connectivity index (χ2v) is 5.17. The molecule has 104 valence electrons. The molecule has 2 nitrogen and oxygen atoms in total. The van der Waals surface area contributed by atoms with Gasteiger partial charge in [0.05, 0.1) is 7.11 Å². The van der Waals surface area contributed by atoms with E-state index in [1.807, 2.05) is 31.2 Å². The Kier molecular flexibility index (Phi) is 4.57. The molecule has 0 saturated heterocycles. The number of ketones is 1. The third-order valence-electron chi connectivity index (χ3n) is 3.43. The Morgan fingerprint density at radius 2 is 1.85 bits per heavy atom. The van der Waals surface area contributed by atoms with Gasteiger partial charge in [0.25, 0.3) is 0 Å². The molecule has 2 aromatic carbocycles. The van der Waals surface area contributed by atoms with Gasteiger partial charge in [-0.1, -0.05) is 35.9 Å². The van der Waals surface area contributed by atoms with Crippen molar-refractivity contribution in [2.45, 2.75) is 26.7 Å². The molecule has 0 bridgehead atoms. The fraction of sp³-hybridized carbons (Fsp3) is 0.278. The standard InChI is InChI=1S/C18H20O2/c1-13-7-8-14(2)16(9-13)12-17(19)10-15-5-4-6-18(11-15)20-3/h4-9,11H,10,12H2,1-3H3. The summed E-state index contributed by atoms with van der Waals surface area (Å²) in [6, 6.07) is 13.9. The van der Waals surface area contributed by atoms with Crippen LogP contribution in [0.2, 0.25) is 0 Å². The molecule has 0 saturated carbocycles. The van der Waals surface area contributed by atoms with E-state index in [1.54, 1.807) is 7.11 Å². The number of methoxy groups -OCH3 is 1. The van der Waals surface area contributed by atoms with Crippen LogP contribution in [-0.2, 0) is 17.6 Å². The van der Waals surface area contributed by atoms with Gasteiger partial charge in [-0.05, 0) is 42.7 Å². The number of carbonyl (C=O) groups excluding carboxylic acids is 1. The molecule has 2 heteroatoms. The van der Waals surface area contributed by atoms with Gasteiger partial charge in [0, 0.05) is 12.8 Å². The van der Waals surface area contributed by atoms with Crippen LogP contribution < -0.4 is 4.74 Å². The second kappa shape index (κ2) is 6.38. The first-order valence-corrected chi connectivity index (χ1v) is 6.79. The fourth-order valence-electron chi connectivity index (χ4n) is 2.28. The van der Waals surface area contributed by atoms with Gasteiger partial charge in [-0.3, -0.25) is 4.79 Å². The largest absolute Gasteiger partial charge is 0.497 e. The van der Waals surface area contributed by atoms with E-state index < -0.39 is 0 Å². The molecule has 0 heterocycles. The molecule has 0 radical (unpaired) electrons. The number of ether oxygens (including phenoxy) is 1. The quantitative estimate of drug-likeness (QED) is 0.827. The third-order valence-corrected chi connectivity index (χ3v) is 3.43. The number of benzene rings is 2. The van der Waals surface area contributed by atoms with Crippen molar-refractivity contribution in [2.75, 3.05) is 7.11 Å². The van der Waals surface area contributed by atoms with Crippen molar-refractivity contribution in [2.24, 2.45) is 0 Å². The lowest BCUT2D eigenvalue weighted by Crippen LogP contribution is -2.08. The molecule has 0 N–H and O–H groups in total. The van der Waals surface area contributed by atoms with Gasteiger partial charge in [0.15, 0.2) is 0 Å². The average Bonchev–Trinajstić information content (AvgIpc) is 2.43. The summed E-state index contributed by atoms with van der Waals surface area (Å²) >= 11 is 0. The molecular formula is C18H20O2. The number of Topliss-reactive ketones (excluding diaryl/α,β-unsaturated/α-hetero) is 1. The molecule has 0 spiro atoms. The van der Waals surface area contributed by atoms with Crippen molar-refractivity contribution in [1.29, 1.82) is 0 Å². The zero-order valence-corrected chi connectivity index (χ0v) is 12.3. The number of hydrogen-bond donors (Lipinski definition) is 0. The van der Waals surface area contributed by atoms with Gasteiger partial charge >= 0.3 is 0 Å². The van der Waals surface area contributed by atoms with E-state index in [9.17, 15) is 4.79 Å². The molecule has 0 aliphatic rings. The van der Waals surface area contributed by atoms with E-state index in [1.165, 1.54) is 11.1 Å². The van der Waals surface area contributed by atoms with E-state index in [0.717, 1.165) is 16.9 Å². The Hall–Kier alpha value is -2.09. The maximum Gasteiger partial charge on any atom is 0.141 e. The summed E-state index contributed by atoms with van der Waals surface area (Å²) in [5.74, 6) is 1.02. The summed E-state index contributed by atoms with van der Waals surface area (Å²) in [5.41, 5.74) is 4.49. The molecule has 2 aromatic rings. The van der Waals surface area contributed by atoms with E-state index in [4.69, 9.17) is 4.74 Å². The van der Waals surface area contributed by atoms with Crippen molar-refractivity contribution in [3.05, 3.63) is 64.7 Å². The zero-order valence-electron chi connectivity index (χ0n) is 12.3. The summed E-state index contributed by atoms with van der Waals surface area (Å²) in [4.78, 5) is 12.2. The molecule has 0 unspecified atom stereocenters. The minimum atomic E-state index is 0.229. The second-order valence-electron chi connectivity index (χ2n) is 5.17. The Bertz CT molecular complexity index is 615. The van der Waals surface area contributed by atoms with Crippen LogP contribution in [0.3, 0.4) is 0 Å². The first-order valence-electron chi connectivity index (χ1n) is 6.79. The molecule has 0 aliphatic heterocycles. The van der Waals surface area contributed by atoms with Gasteiger partial charge in [-0.15, -0.1) is 0 Å². The van der Waals surface area contributed by atoms with Crippen molar-refractivity contribution < 1.29 is 9.53 Å². The highest BCUT2D eigenvalue weighted by molar-refractivity contribution is 5.83. The number of aryl methyl sites for hydroxylation is 2. The molecular weight excluding hydrogens is 248 g/mol. The van der Waals surface area contributed by atoms with Gasteiger partial charge in [0.2, 0.25) is 0 Å². The molecule has 0 amide bonds. The van der Waals surface area contributed by atoms with E-state index in [-0.39, 0.29) is 5.78 Å². The topological polar surface area (TPSA) is 26.3 Å². The van der Waals surface area contributed by atoms with Crippen molar-refractivity contribution >= 4 is 5.78 Å². The van der Waals surface area contributed by atoms with E-state index >= 15 is 0 Å². The predicted molar refractivity (Wildman–Crippen MR) is 81.3 cm³/mol. The minimum absolute atomic E-state index is 0.229. The lowest BCUT2D eigenvalue weighted by Gasteiger charge is -2.07. The Morgan fingerprint density at radius 3 is 2.60 bits per heavy atom. The molecule has 0 aliphatic carbocycles. The monoisotopic (exact) mass is 268 g/mol. The smallest absolute Gasteiger partial charge is 0.141 e. The Labute approximate surface area is 120 Å².